The van der Waals surface area contributed by atoms with Crippen molar-refractivity contribution in [1.29, 1.82) is 0 Å². The van der Waals surface area contributed by atoms with Gasteiger partial charge in [0.1, 0.15) is 12.6 Å². The second-order valence-electron chi connectivity index (χ2n) is 9.81. The lowest BCUT2D eigenvalue weighted by atomic mass is 10.0. The molecule has 0 spiro atoms. The van der Waals surface area contributed by atoms with Crippen LogP contribution < -0.4 is 9.62 Å². The van der Waals surface area contributed by atoms with Crippen LogP contribution in [0.1, 0.15) is 31.4 Å². The highest BCUT2D eigenvalue weighted by molar-refractivity contribution is 7.90. The number of amides is 2. The molecule has 214 valence electrons. The third-order valence-corrected chi connectivity index (χ3v) is 8.63. The number of benzene rings is 3. The van der Waals surface area contributed by atoms with E-state index in [2.05, 4.69) is 5.32 Å². The molecular weight excluding hydrogens is 548 g/mol. The zero-order valence-electron chi connectivity index (χ0n) is 23.3. The number of carbonyl (C=O) groups excluding carboxylic acids is 2. The van der Waals surface area contributed by atoms with Gasteiger partial charge in [0.2, 0.25) is 11.8 Å². The van der Waals surface area contributed by atoms with Gasteiger partial charge in [0, 0.05) is 38.1 Å². The molecule has 1 N–H and O–H groups in total. The Morgan fingerprint density at radius 3 is 2.08 bits per heavy atom. The Balaban J connectivity index is 2.08. The number of para-hydroxylation sites is 1. The van der Waals surface area contributed by atoms with Crippen molar-refractivity contribution < 1.29 is 18.0 Å². The van der Waals surface area contributed by atoms with Crippen LogP contribution in [0.3, 0.4) is 0 Å². The molecule has 10 heteroatoms. The molecule has 0 bridgehead atoms. The number of anilines is 1. The molecule has 2 atom stereocenters. The largest absolute Gasteiger partial charge is 0.352 e. The Kier molecular flexibility index (Phi) is 11.1. The molecule has 0 radical (unpaired) electrons. The van der Waals surface area contributed by atoms with Crippen LogP contribution in [0.2, 0.25) is 5.02 Å². The van der Waals surface area contributed by atoms with Gasteiger partial charge >= 0.3 is 10.2 Å². The van der Waals surface area contributed by atoms with Crippen molar-refractivity contribution in [2.24, 2.45) is 0 Å². The summed E-state index contributed by atoms with van der Waals surface area (Å²) in [4.78, 5) is 29.3. The fourth-order valence-corrected chi connectivity index (χ4v) is 5.41. The van der Waals surface area contributed by atoms with Crippen LogP contribution in [0.5, 0.6) is 0 Å². The molecular formula is C30H37ClN4O4S. The van der Waals surface area contributed by atoms with E-state index in [0.717, 1.165) is 26.2 Å². The van der Waals surface area contributed by atoms with Crippen LogP contribution >= 0.6 is 11.6 Å². The molecule has 0 fully saturated rings. The van der Waals surface area contributed by atoms with Gasteiger partial charge in [-0.25, -0.2) is 4.31 Å². The minimum absolute atomic E-state index is 0.0649. The number of nitrogens with one attached hydrogen (secondary N) is 1. The summed E-state index contributed by atoms with van der Waals surface area (Å²) in [6.07, 6.45) is 0.968. The van der Waals surface area contributed by atoms with Crippen molar-refractivity contribution >= 4 is 39.3 Å². The summed E-state index contributed by atoms with van der Waals surface area (Å²) in [5.74, 6) is -0.829. The molecule has 3 rings (SSSR count). The summed E-state index contributed by atoms with van der Waals surface area (Å²) in [7, 11) is -1.20. The SMILES string of the molecule is CC[C@H](C)NC(=O)[C@H](Cc1ccccc1)N(Cc1cccc(Cl)c1)C(=O)CN(c1ccccc1)S(=O)(=O)N(C)C. The van der Waals surface area contributed by atoms with Gasteiger partial charge < -0.3 is 10.2 Å². The quantitative estimate of drug-likeness (QED) is 0.320. The van der Waals surface area contributed by atoms with Gasteiger partial charge in [-0.05, 0) is 48.7 Å². The Labute approximate surface area is 242 Å². The molecule has 0 aromatic heterocycles. The van der Waals surface area contributed by atoms with Crippen molar-refractivity contribution in [3.8, 4) is 0 Å². The van der Waals surface area contributed by atoms with Crippen LogP contribution in [0.15, 0.2) is 84.9 Å². The molecule has 3 aromatic carbocycles. The van der Waals surface area contributed by atoms with E-state index < -0.39 is 28.7 Å². The smallest absolute Gasteiger partial charge is 0.304 e. The van der Waals surface area contributed by atoms with Crippen LogP contribution in [0, 0.1) is 0 Å². The zero-order chi connectivity index (χ0) is 29.3. The molecule has 3 aromatic rings. The molecule has 0 aliphatic carbocycles. The van der Waals surface area contributed by atoms with Crippen LogP contribution in [0.25, 0.3) is 0 Å². The van der Waals surface area contributed by atoms with E-state index in [4.69, 9.17) is 11.6 Å². The third-order valence-electron chi connectivity index (χ3n) is 6.58. The summed E-state index contributed by atoms with van der Waals surface area (Å²) in [5, 5.41) is 3.51. The first kappa shape index (κ1) is 31.1. The first-order chi connectivity index (χ1) is 19.0. The van der Waals surface area contributed by atoms with Gasteiger partial charge in [-0.15, -0.1) is 0 Å². The predicted octanol–water partition coefficient (Wildman–Crippen LogP) is 4.51. The summed E-state index contributed by atoms with van der Waals surface area (Å²) in [6, 6.07) is 24.0. The first-order valence-electron chi connectivity index (χ1n) is 13.2. The van der Waals surface area contributed by atoms with Gasteiger partial charge in [-0.1, -0.05) is 79.2 Å². The molecule has 2 amide bonds. The molecule has 0 unspecified atom stereocenters. The number of nitrogens with zero attached hydrogens (tertiary/aromatic N) is 3. The maximum Gasteiger partial charge on any atom is 0.304 e. The monoisotopic (exact) mass is 584 g/mol. The van der Waals surface area contributed by atoms with Crippen LogP contribution in [-0.4, -0.2) is 62.2 Å². The van der Waals surface area contributed by atoms with Gasteiger partial charge in [-0.3, -0.25) is 9.59 Å². The predicted molar refractivity (Wildman–Crippen MR) is 160 cm³/mol. The first-order valence-corrected chi connectivity index (χ1v) is 14.9. The Bertz CT molecular complexity index is 1370. The summed E-state index contributed by atoms with van der Waals surface area (Å²) in [6.45, 7) is 3.44. The van der Waals surface area contributed by atoms with E-state index in [1.807, 2.05) is 50.2 Å². The second kappa shape index (κ2) is 14.3. The normalized spacial score (nSPS) is 12.9. The number of hydrogen-bond donors (Lipinski definition) is 1. The van der Waals surface area contributed by atoms with E-state index in [1.165, 1.54) is 19.0 Å². The molecule has 0 aliphatic rings. The minimum Gasteiger partial charge on any atom is -0.352 e. The second-order valence-corrected chi connectivity index (χ2v) is 12.3. The highest BCUT2D eigenvalue weighted by Crippen LogP contribution is 2.22. The Morgan fingerprint density at radius 2 is 1.50 bits per heavy atom. The standard InChI is InChI=1S/C30H37ClN4O4S/c1-5-23(2)32-30(37)28(20-24-13-8-6-9-14-24)34(21-25-15-12-16-26(31)19-25)29(36)22-35(40(38,39)33(3)4)27-17-10-7-11-18-27/h6-19,23,28H,5,20-22H2,1-4H3,(H,32,37)/t23-,28-/m0/s1. The van der Waals surface area contributed by atoms with Crippen molar-refractivity contribution in [2.75, 3.05) is 24.9 Å². The van der Waals surface area contributed by atoms with Crippen LogP contribution in [0.4, 0.5) is 5.69 Å². The van der Waals surface area contributed by atoms with Crippen LogP contribution in [-0.2, 0) is 32.8 Å². The molecule has 0 saturated heterocycles. The maximum atomic E-state index is 14.2. The van der Waals surface area contributed by atoms with Crippen molar-refractivity contribution in [3.63, 3.8) is 0 Å². The molecule has 40 heavy (non-hydrogen) atoms. The number of halogens is 1. The van der Waals surface area contributed by atoms with E-state index >= 15 is 0 Å². The minimum atomic E-state index is -4.03. The average Bonchev–Trinajstić information content (AvgIpc) is 2.94. The topological polar surface area (TPSA) is 90.0 Å². The summed E-state index contributed by atoms with van der Waals surface area (Å²) in [5.41, 5.74) is 1.93. The Hall–Kier alpha value is -3.40. The lowest BCUT2D eigenvalue weighted by Gasteiger charge is -2.35. The lowest BCUT2D eigenvalue weighted by molar-refractivity contribution is -0.140. The van der Waals surface area contributed by atoms with E-state index in [1.54, 1.807) is 48.5 Å². The van der Waals surface area contributed by atoms with Gasteiger partial charge in [0.15, 0.2) is 0 Å². The summed E-state index contributed by atoms with van der Waals surface area (Å²) < 4.78 is 28.8. The van der Waals surface area contributed by atoms with Gasteiger partial charge in [0.25, 0.3) is 0 Å². The van der Waals surface area contributed by atoms with E-state index in [0.29, 0.717) is 10.7 Å². The number of hydrogen-bond acceptors (Lipinski definition) is 4. The Morgan fingerprint density at radius 1 is 0.900 bits per heavy atom. The molecule has 0 heterocycles. The zero-order valence-corrected chi connectivity index (χ0v) is 24.9. The number of carbonyl (C=O) groups is 2. The van der Waals surface area contributed by atoms with Crippen molar-refractivity contribution in [3.05, 3.63) is 101 Å². The van der Waals surface area contributed by atoms with E-state index in [9.17, 15) is 18.0 Å². The van der Waals surface area contributed by atoms with Gasteiger partial charge in [0.05, 0.1) is 5.69 Å². The van der Waals surface area contributed by atoms with Gasteiger partial charge in [-0.2, -0.15) is 12.7 Å². The molecule has 0 aliphatic heterocycles. The summed E-state index contributed by atoms with van der Waals surface area (Å²) >= 11 is 6.25. The van der Waals surface area contributed by atoms with E-state index in [-0.39, 0.29) is 24.9 Å². The fraction of sp³-hybridized carbons (Fsp3) is 0.333. The third kappa shape index (κ3) is 8.30. The highest BCUT2D eigenvalue weighted by atomic mass is 35.5. The van der Waals surface area contributed by atoms with Crippen molar-refractivity contribution in [1.82, 2.24) is 14.5 Å². The molecule has 8 nitrogen and oxygen atoms in total. The lowest BCUT2D eigenvalue weighted by Crippen LogP contribution is -2.55. The number of rotatable bonds is 13. The average molecular weight is 585 g/mol. The highest BCUT2D eigenvalue weighted by Gasteiger charge is 2.35. The fourth-order valence-electron chi connectivity index (χ4n) is 4.14. The molecule has 0 saturated carbocycles. The van der Waals surface area contributed by atoms with Crippen molar-refractivity contribution in [2.45, 2.75) is 45.3 Å². The maximum absolute atomic E-state index is 14.2.